The molecule has 0 bridgehead atoms. The molecule has 2 aromatic heterocycles. The molecular formula is C9H9N5O2S. The number of aryl methyl sites for hydroxylation is 1. The predicted molar refractivity (Wildman–Crippen MR) is 62.6 cm³/mol. The molecule has 0 spiro atoms. The van der Waals surface area contributed by atoms with Gasteiger partial charge in [-0.2, -0.15) is 0 Å². The largest absolute Gasteiger partial charge is 0.378 e. The van der Waals surface area contributed by atoms with Crippen LogP contribution in [0.25, 0.3) is 0 Å². The molecule has 2 aromatic rings. The Hall–Kier alpha value is -2.09. The highest BCUT2D eigenvalue weighted by Crippen LogP contribution is 2.28. The Morgan fingerprint density at radius 1 is 1.53 bits per heavy atom. The zero-order chi connectivity index (χ0) is 12.4. The first kappa shape index (κ1) is 11.4. The van der Waals surface area contributed by atoms with Crippen molar-refractivity contribution < 1.29 is 4.92 Å². The Balaban J connectivity index is 2.27. The first-order chi connectivity index (χ1) is 8.08. The van der Waals surface area contributed by atoms with Gasteiger partial charge in [-0.1, -0.05) is 0 Å². The number of nitrogens with two attached hydrogens (primary N) is 1. The van der Waals surface area contributed by atoms with Crippen LogP contribution >= 0.6 is 11.8 Å². The maximum absolute atomic E-state index is 10.6. The summed E-state index contributed by atoms with van der Waals surface area (Å²) < 4.78 is 1.82. The third-order valence-corrected chi connectivity index (χ3v) is 3.06. The first-order valence-corrected chi connectivity index (χ1v) is 5.45. The molecule has 0 aliphatic rings. The van der Waals surface area contributed by atoms with Gasteiger partial charge in [0.1, 0.15) is 5.03 Å². The van der Waals surface area contributed by atoms with Crippen molar-refractivity contribution in [1.82, 2.24) is 14.5 Å². The third kappa shape index (κ3) is 2.36. The summed E-state index contributed by atoms with van der Waals surface area (Å²) in [6.07, 6.45) is 3.47. The van der Waals surface area contributed by atoms with Crippen molar-refractivity contribution in [3.8, 4) is 0 Å². The minimum Gasteiger partial charge on any atom is -0.378 e. The first-order valence-electron chi connectivity index (χ1n) is 4.64. The molecule has 0 saturated heterocycles. The summed E-state index contributed by atoms with van der Waals surface area (Å²) in [6, 6.07) is 2.89. The lowest BCUT2D eigenvalue weighted by atomic mass is 10.4. The number of pyridine rings is 1. The number of nitrogens with zero attached hydrogens (tertiary/aromatic N) is 4. The molecule has 17 heavy (non-hydrogen) atoms. The van der Waals surface area contributed by atoms with Gasteiger partial charge in [-0.15, -0.1) is 0 Å². The second kappa shape index (κ2) is 4.42. The van der Waals surface area contributed by atoms with Gasteiger partial charge >= 0.3 is 5.69 Å². The second-order valence-electron chi connectivity index (χ2n) is 3.23. The van der Waals surface area contributed by atoms with Crippen LogP contribution in [0, 0.1) is 10.1 Å². The lowest BCUT2D eigenvalue weighted by Gasteiger charge is -2.02. The van der Waals surface area contributed by atoms with Crippen molar-refractivity contribution in [2.24, 2.45) is 7.05 Å². The number of hydrogen-bond acceptors (Lipinski definition) is 6. The predicted octanol–water partition coefficient (Wildman–Crippen LogP) is 1.46. The fraction of sp³-hybridized carbons (Fsp3) is 0.111. The smallest absolute Gasteiger partial charge is 0.311 e. The Kier molecular flexibility index (Phi) is 2.96. The van der Waals surface area contributed by atoms with Crippen molar-refractivity contribution >= 4 is 23.3 Å². The number of anilines is 1. The molecule has 88 valence electrons. The van der Waals surface area contributed by atoms with E-state index in [0.29, 0.717) is 5.03 Å². The van der Waals surface area contributed by atoms with E-state index >= 15 is 0 Å². The molecule has 0 aliphatic heterocycles. The van der Waals surface area contributed by atoms with Gasteiger partial charge < -0.3 is 10.3 Å². The summed E-state index contributed by atoms with van der Waals surface area (Å²) in [6.45, 7) is 0. The standard InChI is InChI=1S/C9H9N5O2S/c1-13-5-4-11-9(13)17-7-3-2-6(14(15)16)8(10)12-7/h2-5H,1H3,(H2,10,12). The van der Waals surface area contributed by atoms with Crippen LogP contribution < -0.4 is 5.73 Å². The van der Waals surface area contributed by atoms with Gasteiger partial charge in [-0.05, 0) is 17.8 Å². The van der Waals surface area contributed by atoms with Gasteiger partial charge in [0.2, 0.25) is 5.82 Å². The lowest BCUT2D eigenvalue weighted by molar-refractivity contribution is -0.384. The van der Waals surface area contributed by atoms with Crippen LogP contribution in [0.4, 0.5) is 11.5 Å². The van der Waals surface area contributed by atoms with Crippen molar-refractivity contribution in [2.45, 2.75) is 10.2 Å². The van der Waals surface area contributed by atoms with Gasteiger partial charge in [-0.3, -0.25) is 10.1 Å². The number of hydrogen-bond donors (Lipinski definition) is 1. The maximum Gasteiger partial charge on any atom is 0.311 e. The average molecular weight is 251 g/mol. The second-order valence-corrected chi connectivity index (χ2v) is 4.22. The van der Waals surface area contributed by atoms with E-state index in [2.05, 4.69) is 9.97 Å². The van der Waals surface area contributed by atoms with Crippen LogP contribution in [0.2, 0.25) is 0 Å². The summed E-state index contributed by atoms with van der Waals surface area (Å²) in [5.41, 5.74) is 5.31. The summed E-state index contributed by atoms with van der Waals surface area (Å²) in [5, 5.41) is 11.9. The van der Waals surface area contributed by atoms with Gasteiger partial charge in [-0.25, -0.2) is 9.97 Å². The quantitative estimate of drug-likeness (QED) is 0.654. The third-order valence-electron chi connectivity index (χ3n) is 2.05. The van der Waals surface area contributed by atoms with Crippen LogP contribution in [0.1, 0.15) is 0 Å². The van der Waals surface area contributed by atoms with E-state index in [1.807, 2.05) is 11.6 Å². The van der Waals surface area contributed by atoms with E-state index in [-0.39, 0.29) is 11.5 Å². The van der Waals surface area contributed by atoms with Gasteiger partial charge in [0.25, 0.3) is 0 Å². The lowest BCUT2D eigenvalue weighted by Crippen LogP contribution is -1.99. The van der Waals surface area contributed by atoms with Crippen molar-refractivity contribution in [3.63, 3.8) is 0 Å². The Morgan fingerprint density at radius 3 is 2.82 bits per heavy atom. The Morgan fingerprint density at radius 2 is 2.29 bits per heavy atom. The monoisotopic (exact) mass is 251 g/mol. The minimum atomic E-state index is -0.558. The van der Waals surface area contributed by atoms with E-state index in [1.165, 1.54) is 17.8 Å². The van der Waals surface area contributed by atoms with Crippen molar-refractivity contribution in [2.75, 3.05) is 5.73 Å². The molecule has 2 heterocycles. The summed E-state index contributed by atoms with van der Waals surface area (Å²) in [7, 11) is 1.85. The van der Waals surface area contributed by atoms with E-state index in [4.69, 9.17) is 5.73 Å². The van der Waals surface area contributed by atoms with Crippen LogP contribution in [-0.2, 0) is 7.05 Å². The Bertz CT molecular complexity index is 568. The molecule has 0 radical (unpaired) electrons. The van der Waals surface area contributed by atoms with Crippen LogP contribution in [-0.4, -0.2) is 19.5 Å². The molecular weight excluding hydrogens is 242 g/mol. The van der Waals surface area contributed by atoms with Gasteiger partial charge in [0.05, 0.1) is 4.92 Å². The van der Waals surface area contributed by atoms with E-state index < -0.39 is 4.92 Å². The molecule has 0 fully saturated rings. The van der Waals surface area contributed by atoms with Crippen LogP contribution in [0.15, 0.2) is 34.7 Å². The van der Waals surface area contributed by atoms with Crippen molar-refractivity contribution in [1.29, 1.82) is 0 Å². The normalized spacial score (nSPS) is 10.4. The van der Waals surface area contributed by atoms with E-state index in [9.17, 15) is 10.1 Å². The zero-order valence-electron chi connectivity index (χ0n) is 8.90. The van der Waals surface area contributed by atoms with E-state index in [0.717, 1.165) is 5.16 Å². The summed E-state index contributed by atoms with van der Waals surface area (Å²) in [5.74, 6) is -0.0887. The van der Waals surface area contributed by atoms with E-state index in [1.54, 1.807) is 18.5 Å². The highest BCUT2D eigenvalue weighted by molar-refractivity contribution is 7.99. The SMILES string of the molecule is Cn1ccnc1Sc1ccc([N+](=O)[O-])c(N)n1. The molecule has 0 amide bonds. The Labute approximate surface area is 101 Å². The zero-order valence-corrected chi connectivity index (χ0v) is 9.72. The maximum atomic E-state index is 10.6. The molecule has 0 atom stereocenters. The highest BCUT2D eigenvalue weighted by atomic mass is 32.2. The number of nitrogen functional groups attached to an aromatic ring is 1. The molecule has 7 nitrogen and oxygen atoms in total. The van der Waals surface area contributed by atoms with Gasteiger partial charge in [0.15, 0.2) is 5.16 Å². The average Bonchev–Trinajstić information content (AvgIpc) is 2.64. The minimum absolute atomic E-state index is 0.0887. The fourth-order valence-electron chi connectivity index (χ4n) is 1.20. The highest BCUT2D eigenvalue weighted by Gasteiger charge is 2.14. The summed E-state index contributed by atoms with van der Waals surface area (Å²) in [4.78, 5) is 18.1. The number of imidazole rings is 1. The number of aromatic nitrogens is 3. The molecule has 0 saturated carbocycles. The molecule has 0 aliphatic carbocycles. The number of rotatable bonds is 3. The molecule has 0 unspecified atom stereocenters. The molecule has 2 N–H and O–H groups in total. The fourth-order valence-corrected chi connectivity index (χ4v) is 1.99. The van der Waals surface area contributed by atoms with Crippen LogP contribution in [0.5, 0.6) is 0 Å². The van der Waals surface area contributed by atoms with Crippen molar-refractivity contribution in [3.05, 3.63) is 34.6 Å². The summed E-state index contributed by atoms with van der Waals surface area (Å²) >= 11 is 1.29. The molecule has 2 rings (SSSR count). The number of nitro groups is 1. The van der Waals surface area contributed by atoms with Crippen LogP contribution in [0.3, 0.4) is 0 Å². The molecule has 0 aromatic carbocycles. The molecule has 8 heteroatoms. The van der Waals surface area contributed by atoms with Gasteiger partial charge in [0, 0.05) is 25.5 Å². The topological polar surface area (TPSA) is 99.9 Å².